The van der Waals surface area contributed by atoms with Gasteiger partial charge in [0.1, 0.15) is 0 Å². The molecule has 0 fully saturated rings. The van der Waals surface area contributed by atoms with E-state index in [0.717, 1.165) is 12.8 Å². The Balaban J connectivity index is 2.51. The van der Waals surface area contributed by atoms with Crippen LogP contribution in [0.25, 0.3) is 0 Å². The average molecular weight is 299 g/mol. The van der Waals surface area contributed by atoms with Crippen LogP contribution in [-0.4, -0.2) is 26.0 Å². The van der Waals surface area contributed by atoms with E-state index < -0.39 is 16.0 Å². The highest BCUT2D eigenvalue weighted by Gasteiger charge is 2.11. The number of hydrogen-bond donors (Lipinski definition) is 2. The van der Waals surface area contributed by atoms with Gasteiger partial charge < -0.3 is 5.11 Å². The first-order valence-electron chi connectivity index (χ1n) is 6.60. The number of hydrogen-bond acceptors (Lipinski definition) is 3. The summed E-state index contributed by atoms with van der Waals surface area (Å²) in [5, 5.41) is 8.77. The summed E-state index contributed by atoms with van der Waals surface area (Å²) in [6, 6.07) is 5.87. The molecule has 0 unspecified atom stereocenters. The zero-order chi connectivity index (χ0) is 15.2. The lowest BCUT2D eigenvalue weighted by Gasteiger charge is -2.08. The van der Waals surface area contributed by atoms with E-state index in [1.807, 2.05) is 0 Å². The Morgan fingerprint density at radius 2 is 1.85 bits per heavy atom. The van der Waals surface area contributed by atoms with Gasteiger partial charge in [0, 0.05) is 6.54 Å². The van der Waals surface area contributed by atoms with Crippen LogP contribution in [0.15, 0.2) is 24.3 Å². The Hall–Kier alpha value is -1.40. The summed E-state index contributed by atoms with van der Waals surface area (Å²) in [6.07, 6.45) is 1.80. The van der Waals surface area contributed by atoms with E-state index in [0.29, 0.717) is 18.0 Å². The molecule has 6 heteroatoms. The third-order valence-corrected chi connectivity index (χ3v) is 4.20. The van der Waals surface area contributed by atoms with Gasteiger partial charge in [-0.25, -0.2) is 17.9 Å². The predicted molar refractivity (Wildman–Crippen MR) is 78.1 cm³/mol. The summed E-state index contributed by atoms with van der Waals surface area (Å²) in [5.74, 6) is -0.594. The summed E-state index contributed by atoms with van der Waals surface area (Å²) in [6.45, 7) is 4.63. The Morgan fingerprint density at radius 1 is 1.25 bits per heavy atom. The van der Waals surface area contributed by atoms with Crippen LogP contribution in [0.1, 0.15) is 42.6 Å². The maximum Gasteiger partial charge on any atom is 0.335 e. The second-order valence-corrected chi connectivity index (χ2v) is 7.00. The second-order valence-electron chi connectivity index (χ2n) is 5.19. The van der Waals surface area contributed by atoms with Crippen molar-refractivity contribution in [2.24, 2.45) is 5.92 Å². The number of nitrogens with one attached hydrogen (secondary N) is 1. The molecule has 0 heterocycles. The lowest BCUT2D eigenvalue weighted by atomic mass is 10.1. The van der Waals surface area contributed by atoms with Gasteiger partial charge in [0.25, 0.3) is 0 Å². The fraction of sp³-hybridized carbons (Fsp3) is 0.500. The standard InChI is InChI=1S/C14H21NO4S/c1-11(2)4-3-9-15-20(18,19)10-12-5-7-13(8-6-12)14(16)17/h5-8,11,15H,3-4,9-10H2,1-2H3,(H,16,17). The molecule has 0 atom stereocenters. The molecule has 0 spiro atoms. The molecule has 1 aromatic carbocycles. The van der Waals surface area contributed by atoms with Crippen molar-refractivity contribution in [3.8, 4) is 0 Å². The van der Waals surface area contributed by atoms with Crippen LogP contribution < -0.4 is 4.72 Å². The van der Waals surface area contributed by atoms with Crippen LogP contribution in [0.4, 0.5) is 0 Å². The van der Waals surface area contributed by atoms with E-state index in [2.05, 4.69) is 18.6 Å². The van der Waals surface area contributed by atoms with E-state index in [9.17, 15) is 13.2 Å². The van der Waals surface area contributed by atoms with Crippen LogP contribution >= 0.6 is 0 Å². The quantitative estimate of drug-likeness (QED) is 0.721. The number of aromatic carboxylic acids is 1. The van der Waals surface area contributed by atoms with Gasteiger partial charge in [0.15, 0.2) is 0 Å². The summed E-state index contributed by atoms with van der Waals surface area (Å²) in [7, 11) is -3.36. The van der Waals surface area contributed by atoms with Crippen molar-refractivity contribution < 1.29 is 18.3 Å². The molecule has 5 nitrogen and oxygen atoms in total. The molecular weight excluding hydrogens is 278 g/mol. The van der Waals surface area contributed by atoms with Crippen LogP contribution in [0, 0.1) is 5.92 Å². The first-order chi connectivity index (χ1) is 9.30. The normalized spacial score (nSPS) is 11.8. The highest BCUT2D eigenvalue weighted by atomic mass is 32.2. The molecule has 112 valence electrons. The van der Waals surface area contributed by atoms with Gasteiger partial charge in [-0.15, -0.1) is 0 Å². The van der Waals surface area contributed by atoms with Crippen molar-refractivity contribution in [2.75, 3.05) is 6.54 Å². The highest BCUT2D eigenvalue weighted by molar-refractivity contribution is 7.88. The highest BCUT2D eigenvalue weighted by Crippen LogP contribution is 2.08. The number of carbonyl (C=O) groups is 1. The Morgan fingerprint density at radius 3 is 2.35 bits per heavy atom. The van der Waals surface area contributed by atoms with E-state index in [4.69, 9.17) is 5.11 Å². The van der Waals surface area contributed by atoms with Gasteiger partial charge in [-0.1, -0.05) is 26.0 Å². The zero-order valence-corrected chi connectivity index (χ0v) is 12.6. The third-order valence-electron chi connectivity index (χ3n) is 2.84. The van der Waals surface area contributed by atoms with Crippen LogP contribution in [-0.2, 0) is 15.8 Å². The molecule has 1 rings (SSSR count). The van der Waals surface area contributed by atoms with Gasteiger partial charge in [0.05, 0.1) is 11.3 Å². The second kappa shape index (κ2) is 7.40. The molecule has 1 aromatic rings. The zero-order valence-electron chi connectivity index (χ0n) is 11.8. The minimum atomic E-state index is -3.36. The summed E-state index contributed by atoms with van der Waals surface area (Å²) in [4.78, 5) is 10.7. The smallest absolute Gasteiger partial charge is 0.335 e. The topological polar surface area (TPSA) is 83.5 Å². The molecule has 0 aliphatic rings. The van der Waals surface area contributed by atoms with Gasteiger partial charge in [-0.3, -0.25) is 0 Å². The van der Waals surface area contributed by atoms with Gasteiger partial charge in [-0.2, -0.15) is 0 Å². The van der Waals surface area contributed by atoms with Gasteiger partial charge >= 0.3 is 5.97 Å². The summed E-state index contributed by atoms with van der Waals surface area (Å²) in [5.41, 5.74) is 0.724. The molecule has 0 saturated heterocycles. The van der Waals surface area contributed by atoms with E-state index in [1.54, 1.807) is 0 Å². The minimum Gasteiger partial charge on any atom is -0.478 e. The van der Waals surface area contributed by atoms with Crippen molar-refractivity contribution in [3.05, 3.63) is 35.4 Å². The molecular formula is C14H21NO4S. The van der Waals surface area contributed by atoms with E-state index in [-0.39, 0.29) is 11.3 Å². The number of carboxylic acids is 1. The van der Waals surface area contributed by atoms with Crippen molar-refractivity contribution in [2.45, 2.75) is 32.4 Å². The molecule has 0 aliphatic carbocycles. The largest absolute Gasteiger partial charge is 0.478 e. The first kappa shape index (κ1) is 16.7. The molecule has 0 amide bonds. The monoisotopic (exact) mass is 299 g/mol. The molecule has 0 radical (unpaired) electrons. The molecule has 0 aliphatic heterocycles. The average Bonchev–Trinajstić information content (AvgIpc) is 2.34. The number of rotatable bonds is 8. The molecule has 20 heavy (non-hydrogen) atoms. The van der Waals surface area contributed by atoms with E-state index in [1.165, 1.54) is 24.3 Å². The van der Waals surface area contributed by atoms with Crippen LogP contribution in [0.5, 0.6) is 0 Å². The predicted octanol–water partition coefficient (Wildman–Crippen LogP) is 2.24. The first-order valence-corrected chi connectivity index (χ1v) is 8.25. The fourth-order valence-electron chi connectivity index (χ4n) is 1.75. The Kier molecular flexibility index (Phi) is 6.16. The van der Waals surface area contributed by atoms with Gasteiger partial charge in [-0.05, 0) is 36.5 Å². The SMILES string of the molecule is CC(C)CCCNS(=O)(=O)Cc1ccc(C(=O)O)cc1. The molecule has 2 N–H and O–H groups in total. The summed E-state index contributed by atoms with van der Waals surface area (Å²) >= 11 is 0. The maximum atomic E-state index is 11.8. The lowest BCUT2D eigenvalue weighted by molar-refractivity contribution is 0.0697. The van der Waals surface area contributed by atoms with Crippen molar-refractivity contribution in [1.29, 1.82) is 0 Å². The molecule has 0 aromatic heterocycles. The number of benzene rings is 1. The van der Waals surface area contributed by atoms with Crippen molar-refractivity contribution in [1.82, 2.24) is 4.72 Å². The third kappa shape index (κ3) is 6.16. The minimum absolute atomic E-state index is 0.130. The Bertz CT molecular complexity index is 535. The fourth-order valence-corrected chi connectivity index (χ4v) is 2.94. The maximum absolute atomic E-state index is 11.8. The van der Waals surface area contributed by atoms with Crippen molar-refractivity contribution >= 4 is 16.0 Å². The van der Waals surface area contributed by atoms with Crippen molar-refractivity contribution in [3.63, 3.8) is 0 Å². The number of carboxylic acid groups (broad SMARTS) is 1. The molecule has 0 saturated carbocycles. The van der Waals surface area contributed by atoms with Crippen LogP contribution in [0.2, 0.25) is 0 Å². The van der Waals surface area contributed by atoms with E-state index >= 15 is 0 Å². The summed E-state index contributed by atoms with van der Waals surface area (Å²) < 4.78 is 26.2. The lowest BCUT2D eigenvalue weighted by Crippen LogP contribution is -2.26. The molecule has 0 bridgehead atoms. The van der Waals surface area contributed by atoms with Gasteiger partial charge in [0.2, 0.25) is 10.0 Å². The Labute approximate surface area is 120 Å². The number of sulfonamides is 1. The van der Waals surface area contributed by atoms with Crippen LogP contribution in [0.3, 0.4) is 0 Å².